The number of thiocarbonyl (C=S) groups is 1. The van der Waals surface area contributed by atoms with Crippen LogP contribution in [-0.4, -0.2) is 62.6 Å². The lowest BCUT2D eigenvalue weighted by atomic mass is 10.3. The Bertz CT molecular complexity index is 923. The van der Waals surface area contributed by atoms with Crippen molar-refractivity contribution in [3.8, 4) is 5.75 Å². The normalized spacial score (nSPS) is 15.7. The van der Waals surface area contributed by atoms with E-state index in [1.165, 1.54) is 4.31 Å². The molecule has 0 saturated carbocycles. The van der Waals surface area contributed by atoms with Gasteiger partial charge in [0, 0.05) is 37.6 Å². The average molecular weight is 435 g/mol. The number of piperazine rings is 1. The zero-order valence-corrected chi connectivity index (χ0v) is 18.2. The van der Waals surface area contributed by atoms with E-state index in [-0.39, 0.29) is 4.90 Å². The van der Waals surface area contributed by atoms with Crippen LogP contribution in [0.4, 0.5) is 11.4 Å². The molecule has 9 heteroatoms. The number of nitrogens with one attached hydrogen (secondary N) is 2. The van der Waals surface area contributed by atoms with Crippen molar-refractivity contribution in [2.24, 2.45) is 0 Å². The zero-order valence-electron chi connectivity index (χ0n) is 16.6. The van der Waals surface area contributed by atoms with E-state index in [0.717, 1.165) is 24.5 Å². The highest BCUT2D eigenvalue weighted by atomic mass is 32.2. The van der Waals surface area contributed by atoms with E-state index in [2.05, 4.69) is 15.5 Å². The van der Waals surface area contributed by atoms with E-state index in [4.69, 9.17) is 17.0 Å². The van der Waals surface area contributed by atoms with E-state index < -0.39 is 10.0 Å². The third kappa shape index (κ3) is 5.66. The lowest BCUT2D eigenvalue weighted by molar-refractivity contribution is 0.222. The second-order valence-corrected chi connectivity index (χ2v) is 9.11. The van der Waals surface area contributed by atoms with Crippen molar-refractivity contribution in [3.63, 3.8) is 0 Å². The molecule has 1 heterocycles. The van der Waals surface area contributed by atoms with Crippen molar-refractivity contribution in [1.82, 2.24) is 9.21 Å². The summed E-state index contributed by atoms with van der Waals surface area (Å²) in [6, 6.07) is 14.1. The molecule has 0 radical (unpaired) electrons. The van der Waals surface area contributed by atoms with Crippen LogP contribution in [-0.2, 0) is 10.0 Å². The molecule has 7 nitrogen and oxygen atoms in total. The molecular formula is C20H26N4O3S2. The van der Waals surface area contributed by atoms with Gasteiger partial charge in [-0.1, -0.05) is 0 Å². The topological polar surface area (TPSA) is 73.9 Å². The van der Waals surface area contributed by atoms with E-state index in [9.17, 15) is 8.42 Å². The van der Waals surface area contributed by atoms with Gasteiger partial charge in [-0.2, -0.15) is 4.31 Å². The summed E-state index contributed by atoms with van der Waals surface area (Å²) in [4.78, 5) is 2.41. The molecule has 0 aromatic heterocycles. The number of anilines is 2. The molecule has 3 rings (SSSR count). The number of hydrogen-bond donors (Lipinski definition) is 2. The summed E-state index contributed by atoms with van der Waals surface area (Å²) in [7, 11) is -1.47. The highest BCUT2D eigenvalue weighted by Crippen LogP contribution is 2.20. The molecular weight excluding hydrogens is 408 g/mol. The second-order valence-electron chi connectivity index (χ2n) is 6.77. The molecule has 1 fully saturated rings. The molecule has 29 heavy (non-hydrogen) atoms. The molecule has 2 aromatic carbocycles. The maximum absolute atomic E-state index is 12.8. The lowest BCUT2D eigenvalue weighted by Gasteiger charge is -2.31. The minimum Gasteiger partial charge on any atom is -0.494 e. The fourth-order valence-corrected chi connectivity index (χ4v) is 4.64. The first-order valence-corrected chi connectivity index (χ1v) is 11.3. The van der Waals surface area contributed by atoms with Gasteiger partial charge in [-0.15, -0.1) is 0 Å². The molecule has 1 aliphatic heterocycles. The minimum absolute atomic E-state index is 0.290. The standard InChI is InChI=1S/C20H26N4O3S2/c1-3-27-18-8-4-16(5-9-18)21-20(28)22-17-6-10-19(11-7-17)29(25,26)24-14-12-23(2)13-15-24/h4-11H,3,12-15H2,1-2H3,(H2,21,22,28). The van der Waals surface area contributed by atoms with Gasteiger partial charge in [0.15, 0.2) is 5.11 Å². The number of nitrogens with zero attached hydrogens (tertiary/aromatic N) is 2. The molecule has 0 unspecified atom stereocenters. The van der Waals surface area contributed by atoms with E-state index in [1.54, 1.807) is 24.3 Å². The van der Waals surface area contributed by atoms with Crippen molar-refractivity contribution in [2.75, 3.05) is 50.5 Å². The Balaban J connectivity index is 1.59. The van der Waals surface area contributed by atoms with E-state index in [1.807, 2.05) is 38.2 Å². The summed E-state index contributed by atoms with van der Waals surface area (Å²) >= 11 is 5.34. The van der Waals surface area contributed by atoms with Gasteiger partial charge in [-0.3, -0.25) is 0 Å². The number of hydrogen-bond acceptors (Lipinski definition) is 5. The number of rotatable bonds is 6. The molecule has 1 saturated heterocycles. The molecule has 0 aliphatic carbocycles. The number of sulfonamides is 1. The lowest BCUT2D eigenvalue weighted by Crippen LogP contribution is -2.46. The highest BCUT2D eigenvalue weighted by molar-refractivity contribution is 7.89. The third-order valence-electron chi connectivity index (χ3n) is 4.64. The summed E-state index contributed by atoms with van der Waals surface area (Å²) < 4.78 is 32.5. The quantitative estimate of drug-likeness (QED) is 0.677. The van der Waals surface area contributed by atoms with Crippen LogP contribution in [0, 0.1) is 0 Å². The zero-order chi connectivity index (χ0) is 20.9. The Hall–Kier alpha value is -2.20. The first-order chi connectivity index (χ1) is 13.9. The average Bonchev–Trinajstić information content (AvgIpc) is 2.70. The van der Waals surface area contributed by atoms with Gasteiger partial charge in [-0.25, -0.2) is 8.42 Å². The molecule has 0 amide bonds. The SMILES string of the molecule is CCOc1ccc(NC(=S)Nc2ccc(S(=O)(=O)N3CCN(C)CC3)cc2)cc1. The summed E-state index contributed by atoms with van der Waals surface area (Å²) in [5.41, 5.74) is 1.55. The Labute approximate surface area is 177 Å². The van der Waals surface area contributed by atoms with Gasteiger partial charge >= 0.3 is 0 Å². The maximum atomic E-state index is 12.8. The van der Waals surface area contributed by atoms with Gasteiger partial charge in [0.2, 0.25) is 10.0 Å². The number of likely N-dealkylation sites (N-methyl/N-ethyl adjacent to an activating group) is 1. The smallest absolute Gasteiger partial charge is 0.243 e. The Kier molecular flexibility index (Phi) is 7.07. The molecule has 2 N–H and O–H groups in total. The van der Waals surface area contributed by atoms with Crippen LogP contribution in [0.25, 0.3) is 0 Å². The molecule has 0 bridgehead atoms. The summed E-state index contributed by atoms with van der Waals surface area (Å²) in [5.74, 6) is 0.800. The fraction of sp³-hybridized carbons (Fsp3) is 0.350. The van der Waals surface area contributed by atoms with Crippen LogP contribution in [0.1, 0.15) is 6.92 Å². The molecule has 2 aromatic rings. The minimum atomic E-state index is -3.47. The van der Waals surface area contributed by atoms with Crippen LogP contribution >= 0.6 is 12.2 Å². The van der Waals surface area contributed by atoms with Crippen molar-refractivity contribution in [1.29, 1.82) is 0 Å². The predicted octanol–water partition coefficient (Wildman–Crippen LogP) is 2.83. The van der Waals surface area contributed by atoms with Crippen molar-refractivity contribution in [2.45, 2.75) is 11.8 Å². The predicted molar refractivity (Wildman–Crippen MR) is 120 cm³/mol. The summed E-state index contributed by atoms with van der Waals surface area (Å²) in [5, 5.41) is 6.58. The van der Waals surface area contributed by atoms with Crippen LogP contribution in [0.5, 0.6) is 5.75 Å². The monoisotopic (exact) mass is 434 g/mol. The Morgan fingerprint density at radius 3 is 2.00 bits per heavy atom. The van der Waals surface area contributed by atoms with Crippen LogP contribution in [0.3, 0.4) is 0 Å². The second kappa shape index (κ2) is 9.53. The highest BCUT2D eigenvalue weighted by Gasteiger charge is 2.27. The largest absolute Gasteiger partial charge is 0.494 e. The number of benzene rings is 2. The van der Waals surface area contributed by atoms with Crippen LogP contribution in [0.15, 0.2) is 53.4 Å². The van der Waals surface area contributed by atoms with E-state index in [0.29, 0.717) is 30.5 Å². The van der Waals surface area contributed by atoms with Crippen LogP contribution in [0.2, 0.25) is 0 Å². The van der Waals surface area contributed by atoms with Gasteiger partial charge < -0.3 is 20.3 Å². The molecule has 0 atom stereocenters. The van der Waals surface area contributed by atoms with Gasteiger partial charge in [0.05, 0.1) is 11.5 Å². The third-order valence-corrected chi connectivity index (χ3v) is 6.75. The summed E-state index contributed by atoms with van der Waals surface area (Å²) in [6.07, 6.45) is 0. The Morgan fingerprint density at radius 2 is 1.48 bits per heavy atom. The summed E-state index contributed by atoms with van der Waals surface area (Å²) in [6.45, 7) is 5.05. The molecule has 0 spiro atoms. The maximum Gasteiger partial charge on any atom is 0.243 e. The fourth-order valence-electron chi connectivity index (χ4n) is 2.98. The number of ether oxygens (including phenoxy) is 1. The Morgan fingerprint density at radius 1 is 0.966 bits per heavy atom. The van der Waals surface area contributed by atoms with Gasteiger partial charge in [-0.05, 0) is 74.7 Å². The first kappa shape index (κ1) is 21.5. The van der Waals surface area contributed by atoms with Crippen molar-refractivity contribution in [3.05, 3.63) is 48.5 Å². The van der Waals surface area contributed by atoms with Crippen LogP contribution < -0.4 is 15.4 Å². The van der Waals surface area contributed by atoms with Crippen molar-refractivity contribution >= 4 is 38.7 Å². The van der Waals surface area contributed by atoms with E-state index >= 15 is 0 Å². The van der Waals surface area contributed by atoms with Crippen molar-refractivity contribution < 1.29 is 13.2 Å². The van der Waals surface area contributed by atoms with Gasteiger partial charge in [0.25, 0.3) is 0 Å². The van der Waals surface area contributed by atoms with Gasteiger partial charge in [0.1, 0.15) is 5.75 Å². The molecule has 1 aliphatic rings. The first-order valence-electron chi connectivity index (χ1n) is 9.48. The molecule has 156 valence electrons.